The molecule has 0 aromatic carbocycles. The monoisotopic (exact) mass is 312 g/mol. The first-order chi connectivity index (χ1) is 11.2. The molecule has 2 aromatic heterocycles. The van der Waals surface area contributed by atoms with E-state index in [0.717, 1.165) is 12.2 Å². The number of nitrogens with one attached hydrogen (secondary N) is 1. The third-order valence-electron chi connectivity index (χ3n) is 4.13. The second-order valence-corrected chi connectivity index (χ2v) is 5.80. The predicted octanol–water partition coefficient (Wildman–Crippen LogP) is 1.29. The maximum atomic E-state index is 12.7. The Kier molecular flexibility index (Phi) is 4.41. The number of aromatic nitrogens is 2. The lowest BCUT2D eigenvalue weighted by Crippen LogP contribution is -2.36. The summed E-state index contributed by atoms with van der Waals surface area (Å²) in [5.41, 5.74) is 1.51. The fraction of sp³-hybridized carbons (Fsp3) is 0.353. The highest BCUT2D eigenvalue weighted by atomic mass is 16.2. The molecular weight excluding hydrogens is 292 g/mol. The predicted molar refractivity (Wildman–Crippen MR) is 85.6 cm³/mol. The molecule has 0 saturated heterocycles. The first kappa shape index (κ1) is 15.3. The van der Waals surface area contributed by atoms with Gasteiger partial charge in [0.15, 0.2) is 0 Å². The molecular formula is C17H20N4O2. The third-order valence-corrected chi connectivity index (χ3v) is 4.13. The Morgan fingerprint density at radius 2 is 2.13 bits per heavy atom. The van der Waals surface area contributed by atoms with Gasteiger partial charge in [0, 0.05) is 50.6 Å². The fourth-order valence-corrected chi connectivity index (χ4v) is 2.98. The van der Waals surface area contributed by atoms with Crippen LogP contribution in [0.2, 0.25) is 0 Å². The first-order valence-corrected chi connectivity index (χ1v) is 7.72. The fourth-order valence-electron chi connectivity index (χ4n) is 2.98. The third kappa shape index (κ3) is 3.41. The smallest absolute Gasteiger partial charge is 0.272 e. The molecule has 1 atom stereocenters. The van der Waals surface area contributed by atoms with Crippen LogP contribution in [0.15, 0.2) is 42.7 Å². The molecule has 1 aliphatic heterocycles. The normalized spacial score (nSPS) is 17.3. The second kappa shape index (κ2) is 6.64. The Morgan fingerprint density at radius 3 is 2.87 bits per heavy atom. The Labute approximate surface area is 135 Å². The van der Waals surface area contributed by atoms with Crippen LogP contribution in [0.4, 0.5) is 0 Å². The van der Waals surface area contributed by atoms with Crippen LogP contribution in [0.25, 0.3) is 0 Å². The van der Waals surface area contributed by atoms with Crippen molar-refractivity contribution in [3.63, 3.8) is 0 Å². The summed E-state index contributed by atoms with van der Waals surface area (Å²) < 4.78 is 2.12. The highest BCUT2D eigenvalue weighted by Crippen LogP contribution is 2.20. The molecule has 0 radical (unpaired) electrons. The van der Waals surface area contributed by atoms with Crippen molar-refractivity contribution in [2.45, 2.75) is 19.5 Å². The number of pyridine rings is 1. The minimum Gasteiger partial charge on any atom is -0.359 e. The Morgan fingerprint density at radius 1 is 1.26 bits per heavy atom. The van der Waals surface area contributed by atoms with E-state index in [0.29, 0.717) is 25.2 Å². The lowest BCUT2D eigenvalue weighted by Gasteiger charge is -2.23. The summed E-state index contributed by atoms with van der Waals surface area (Å²) in [6.45, 7) is 1.82. The maximum absolute atomic E-state index is 12.7. The highest BCUT2D eigenvalue weighted by molar-refractivity contribution is 5.92. The lowest BCUT2D eigenvalue weighted by molar-refractivity contribution is -0.121. The van der Waals surface area contributed by atoms with E-state index in [-0.39, 0.29) is 17.7 Å². The zero-order valence-corrected chi connectivity index (χ0v) is 13.1. The van der Waals surface area contributed by atoms with Crippen molar-refractivity contribution in [1.29, 1.82) is 0 Å². The van der Waals surface area contributed by atoms with Crippen LogP contribution in [-0.2, 0) is 17.9 Å². The van der Waals surface area contributed by atoms with Crippen LogP contribution in [-0.4, -0.2) is 39.9 Å². The summed E-state index contributed by atoms with van der Waals surface area (Å²) in [6.07, 6.45) is 4.02. The molecule has 6 nitrogen and oxygen atoms in total. The molecule has 2 amide bonds. The average molecular weight is 312 g/mol. The second-order valence-electron chi connectivity index (χ2n) is 5.80. The number of carbonyl (C=O) groups excluding carboxylic acids is 2. The van der Waals surface area contributed by atoms with Crippen molar-refractivity contribution < 1.29 is 9.59 Å². The van der Waals surface area contributed by atoms with Crippen LogP contribution in [0.3, 0.4) is 0 Å². The lowest BCUT2D eigenvalue weighted by atomic mass is 10.0. The number of amides is 2. The minimum atomic E-state index is -0.0952. The summed E-state index contributed by atoms with van der Waals surface area (Å²) in [6, 6.07) is 9.31. The van der Waals surface area contributed by atoms with Gasteiger partial charge in [-0.1, -0.05) is 6.07 Å². The van der Waals surface area contributed by atoms with Crippen LogP contribution >= 0.6 is 0 Å². The van der Waals surface area contributed by atoms with Crippen molar-refractivity contribution in [3.8, 4) is 0 Å². The number of hydrogen-bond acceptors (Lipinski definition) is 3. The van der Waals surface area contributed by atoms with Gasteiger partial charge in [0.2, 0.25) is 5.91 Å². The van der Waals surface area contributed by atoms with E-state index >= 15 is 0 Å². The molecule has 0 saturated carbocycles. The van der Waals surface area contributed by atoms with E-state index in [4.69, 9.17) is 0 Å². The Hall–Kier alpha value is -2.63. The summed E-state index contributed by atoms with van der Waals surface area (Å²) in [7, 11) is 1.64. The number of nitrogens with zero attached hydrogens (tertiary/aromatic N) is 3. The first-order valence-electron chi connectivity index (χ1n) is 7.72. The van der Waals surface area contributed by atoms with E-state index in [1.807, 2.05) is 24.4 Å². The maximum Gasteiger partial charge on any atom is 0.272 e. The van der Waals surface area contributed by atoms with Gasteiger partial charge in [-0.05, 0) is 24.3 Å². The molecule has 1 N–H and O–H groups in total. The van der Waals surface area contributed by atoms with Gasteiger partial charge in [0.1, 0.15) is 5.69 Å². The molecule has 6 heteroatoms. The van der Waals surface area contributed by atoms with E-state index < -0.39 is 0 Å². The molecule has 120 valence electrons. The summed E-state index contributed by atoms with van der Waals surface area (Å²) in [4.78, 5) is 30.4. The van der Waals surface area contributed by atoms with Crippen molar-refractivity contribution in [2.24, 2.45) is 5.92 Å². The summed E-state index contributed by atoms with van der Waals surface area (Å²) >= 11 is 0. The molecule has 1 aliphatic rings. The highest BCUT2D eigenvalue weighted by Gasteiger charge is 2.27. The molecule has 0 spiro atoms. The molecule has 3 heterocycles. The van der Waals surface area contributed by atoms with Gasteiger partial charge in [-0.3, -0.25) is 14.6 Å². The number of hydrogen-bond donors (Lipinski definition) is 1. The Balaban J connectivity index is 1.84. The molecule has 23 heavy (non-hydrogen) atoms. The van der Waals surface area contributed by atoms with Gasteiger partial charge in [-0.15, -0.1) is 0 Å². The largest absolute Gasteiger partial charge is 0.359 e. The van der Waals surface area contributed by atoms with E-state index in [1.165, 1.54) is 0 Å². The molecule has 0 aliphatic carbocycles. The van der Waals surface area contributed by atoms with Gasteiger partial charge in [0.05, 0.1) is 6.54 Å². The zero-order valence-electron chi connectivity index (χ0n) is 13.1. The summed E-state index contributed by atoms with van der Waals surface area (Å²) in [5, 5.41) is 2.66. The number of carbonyl (C=O) groups is 2. The quantitative estimate of drug-likeness (QED) is 0.929. The van der Waals surface area contributed by atoms with Crippen molar-refractivity contribution in [3.05, 3.63) is 54.1 Å². The number of fused-ring (bicyclic) bond motifs is 1. The van der Waals surface area contributed by atoms with E-state index in [1.54, 1.807) is 30.3 Å². The standard InChI is InChI=1S/C17H20N4O2/c1-18-16(22)9-13-10-20-8-4-5-14(20)12-21(11-13)17(23)15-6-2-3-7-19-15/h2-8,13H,9-12H2,1H3,(H,18,22)/t13-/m0/s1. The van der Waals surface area contributed by atoms with Gasteiger partial charge in [-0.2, -0.15) is 0 Å². The molecule has 2 aromatic rings. The minimum absolute atomic E-state index is 0.00385. The topological polar surface area (TPSA) is 67.2 Å². The zero-order chi connectivity index (χ0) is 16.2. The van der Waals surface area contributed by atoms with Gasteiger partial charge in [-0.25, -0.2) is 0 Å². The molecule has 3 rings (SSSR count). The van der Waals surface area contributed by atoms with Crippen LogP contribution in [0.5, 0.6) is 0 Å². The van der Waals surface area contributed by atoms with Crippen molar-refractivity contribution in [2.75, 3.05) is 13.6 Å². The molecule has 0 fully saturated rings. The SMILES string of the molecule is CNC(=O)C[C@@H]1CN(C(=O)c2ccccn2)Cc2cccn2C1. The molecule has 0 bridgehead atoms. The van der Waals surface area contributed by atoms with Gasteiger partial charge in [0.25, 0.3) is 5.91 Å². The van der Waals surface area contributed by atoms with Crippen LogP contribution in [0, 0.1) is 5.92 Å². The Bertz CT molecular complexity index is 696. The van der Waals surface area contributed by atoms with E-state index in [2.05, 4.69) is 14.9 Å². The summed E-state index contributed by atoms with van der Waals surface area (Å²) in [5.74, 6) is -0.0192. The van der Waals surface area contributed by atoms with Gasteiger partial charge >= 0.3 is 0 Å². The van der Waals surface area contributed by atoms with Crippen LogP contribution in [0.1, 0.15) is 22.6 Å². The van der Waals surface area contributed by atoms with Crippen molar-refractivity contribution in [1.82, 2.24) is 19.8 Å². The number of rotatable bonds is 3. The van der Waals surface area contributed by atoms with Crippen molar-refractivity contribution >= 4 is 11.8 Å². The van der Waals surface area contributed by atoms with Crippen LogP contribution < -0.4 is 5.32 Å². The average Bonchev–Trinajstić information content (AvgIpc) is 2.93. The molecule has 0 unspecified atom stereocenters. The van der Waals surface area contributed by atoms with E-state index in [9.17, 15) is 9.59 Å². The van der Waals surface area contributed by atoms with Gasteiger partial charge < -0.3 is 14.8 Å².